The van der Waals surface area contributed by atoms with Gasteiger partial charge in [0.1, 0.15) is 0 Å². The van der Waals surface area contributed by atoms with Crippen molar-refractivity contribution in [1.29, 1.82) is 0 Å². The van der Waals surface area contributed by atoms with Crippen LogP contribution in [0.25, 0.3) is 0 Å². The SMILES string of the molecule is OB(O)c1cc(Br)cc2c1[O+]=CC2. The maximum atomic E-state index is 9.05. The Bertz CT molecular complexity index is 376. The fourth-order valence-corrected chi connectivity index (χ4v) is 1.90. The van der Waals surface area contributed by atoms with Crippen molar-refractivity contribution in [2.45, 2.75) is 6.42 Å². The molecule has 13 heavy (non-hydrogen) atoms. The summed E-state index contributed by atoms with van der Waals surface area (Å²) in [5.41, 5.74) is 1.37. The van der Waals surface area contributed by atoms with Gasteiger partial charge in [-0.15, -0.1) is 0 Å². The Morgan fingerprint density at radius 2 is 2.15 bits per heavy atom. The van der Waals surface area contributed by atoms with Gasteiger partial charge in [-0.25, -0.2) is 4.42 Å². The second-order valence-corrected chi connectivity index (χ2v) is 3.76. The first-order valence-electron chi connectivity index (χ1n) is 3.85. The summed E-state index contributed by atoms with van der Waals surface area (Å²) in [5, 5.41) is 18.1. The monoisotopic (exact) mass is 241 g/mol. The second-order valence-electron chi connectivity index (χ2n) is 2.85. The topological polar surface area (TPSA) is 51.8 Å². The number of hydrogen-bond acceptors (Lipinski definition) is 2. The summed E-state index contributed by atoms with van der Waals surface area (Å²) in [5.74, 6) is 0.568. The van der Waals surface area contributed by atoms with E-state index >= 15 is 0 Å². The third-order valence-corrected chi connectivity index (χ3v) is 2.40. The molecule has 0 unspecified atom stereocenters. The van der Waals surface area contributed by atoms with Crippen LogP contribution in [-0.2, 0) is 10.8 Å². The summed E-state index contributed by atoms with van der Waals surface area (Å²) in [4.78, 5) is 0. The van der Waals surface area contributed by atoms with E-state index in [2.05, 4.69) is 15.9 Å². The Morgan fingerprint density at radius 3 is 2.85 bits per heavy atom. The van der Waals surface area contributed by atoms with Crippen LogP contribution in [0.4, 0.5) is 0 Å². The summed E-state index contributed by atoms with van der Waals surface area (Å²) in [6.45, 7) is 0. The zero-order chi connectivity index (χ0) is 9.42. The van der Waals surface area contributed by atoms with E-state index < -0.39 is 7.12 Å². The van der Waals surface area contributed by atoms with Crippen LogP contribution >= 0.6 is 15.9 Å². The summed E-state index contributed by atoms with van der Waals surface area (Å²) in [7, 11) is -1.49. The smallest absolute Gasteiger partial charge is 0.423 e. The summed E-state index contributed by atoms with van der Waals surface area (Å²) >= 11 is 3.29. The number of hydrogen-bond donors (Lipinski definition) is 2. The van der Waals surface area contributed by atoms with Gasteiger partial charge in [0.2, 0.25) is 0 Å². The molecule has 0 atom stereocenters. The number of carbonyl (C=O) groups excluding carboxylic acids is 1. The highest BCUT2D eigenvalue weighted by molar-refractivity contribution is 9.10. The molecule has 0 saturated heterocycles. The molecule has 0 radical (unpaired) electrons. The Hall–Kier alpha value is -0.645. The van der Waals surface area contributed by atoms with Crippen LogP contribution in [-0.4, -0.2) is 23.5 Å². The summed E-state index contributed by atoms with van der Waals surface area (Å²) in [6.07, 6.45) is 2.34. The van der Waals surface area contributed by atoms with Gasteiger partial charge >= 0.3 is 12.9 Å². The Morgan fingerprint density at radius 1 is 1.38 bits per heavy atom. The van der Waals surface area contributed by atoms with Crippen LogP contribution in [0, 0.1) is 0 Å². The van der Waals surface area contributed by atoms with Gasteiger partial charge in [0.05, 0.1) is 17.4 Å². The average molecular weight is 242 g/mol. The first-order valence-corrected chi connectivity index (χ1v) is 4.64. The summed E-state index contributed by atoms with van der Waals surface area (Å²) in [6, 6.07) is 3.55. The normalized spacial score (nSPS) is 13.2. The molecule has 0 fully saturated rings. The lowest BCUT2D eigenvalue weighted by atomic mass is 9.78. The first-order chi connectivity index (χ1) is 6.18. The summed E-state index contributed by atoms with van der Waals surface area (Å²) < 4.78 is 6.01. The van der Waals surface area contributed by atoms with Gasteiger partial charge < -0.3 is 10.0 Å². The molecule has 1 aromatic rings. The van der Waals surface area contributed by atoms with Gasteiger partial charge in [-0.2, -0.15) is 0 Å². The number of halogens is 1. The Balaban J connectivity index is 2.60. The van der Waals surface area contributed by atoms with Crippen LogP contribution in [0.1, 0.15) is 5.56 Å². The van der Waals surface area contributed by atoms with Gasteiger partial charge in [-0.05, 0) is 12.1 Å². The molecule has 0 aromatic heterocycles. The van der Waals surface area contributed by atoms with E-state index in [0.717, 1.165) is 10.0 Å². The molecule has 0 aliphatic carbocycles. The number of fused-ring (bicyclic) bond motifs is 1. The fraction of sp³-hybridized carbons (Fsp3) is 0.125. The zero-order valence-corrected chi connectivity index (χ0v) is 8.28. The minimum atomic E-state index is -1.49. The van der Waals surface area contributed by atoms with Crippen molar-refractivity contribution in [1.82, 2.24) is 0 Å². The molecule has 0 bridgehead atoms. The maximum absolute atomic E-state index is 9.05. The molecule has 1 heterocycles. The quantitative estimate of drug-likeness (QED) is 0.417. The van der Waals surface area contributed by atoms with Crippen molar-refractivity contribution >= 4 is 34.8 Å². The van der Waals surface area contributed by atoms with E-state index in [4.69, 9.17) is 14.5 Å². The lowest BCUT2D eigenvalue weighted by Gasteiger charge is -1.99. The molecule has 66 valence electrons. The molecule has 3 nitrogen and oxygen atoms in total. The van der Waals surface area contributed by atoms with Crippen LogP contribution in [0.2, 0.25) is 0 Å². The third kappa shape index (κ3) is 1.55. The molecule has 0 amide bonds. The van der Waals surface area contributed by atoms with Crippen molar-refractivity contribution in [3.8, 4) is 5.75 Å². The van der Waals surface area contributed by atoms with E-state index in [9.17, 15) is 0 Å². The maximum Gasteiger partial charge on any atom is 0.498 e. The zero-order valence-electron chi connectivity index (χ0n) is 6.70. The minimum Gasteiger partial charge on any atom is -0.423 e. The fourth-order valence-electron chi connectivity index (χ4n) is 1.38. The number of aldehydes is 1. The predicted octanol–water partition coefficient (Wildman–Crippen LogP) is 0.133. The van der Waals surface area contributed by atoms with Gasteiger partial charge in [0, 0.05) is 4.47 Å². The highest BCUT2D eigenvalue weighted by Gasteiger charge is 2.30. The Labute approximate surface area is 84.0 Å². The van der Waals surface area contributed by atoms with Crippen LogP contribution in [0.5, 0.6) is 5.75 Å². The van der Waals surface area contributed by atoms with Gasteiger partial charge in [-0.3, -0.25) is 0 Å². The predicted molar refractivity (Wildman–Crippen MR) is 53.2 cm³/mol. The Kier molecular flexibility index (Phi) is 2.23. The lowest BCUT2D eigenvalue weighted by Crippen LogP contribution is -2.30. The molecule has 1 aromatic carbocycles. The second kappa shape index (κ2) is 3.25. The van der Waals surface area contributed by atoms with Crippen LogP contribution in [0.3, 0.4) is 0 Å². The van der Waals surface area contributed by atoms with Crippen molar-refractivity contribution in [3.63, 3.8) is 0 Å². The molecular weight excluding hydrogens is 235 g/mol. The molecule has 2 N–H and O–H groups in total. The molecule has 5 heteroatoms. The average Bonchev–Trinajstić information content (AvgIpc) is 2.49. The van der Waals surface area contributed by atoms with E-state index in [1.807, 2.05) is 6.07 Å². The molecule has 0 spiro atoms. The van der Waals surface area contributed by atoms with Crippen LogP contribution in [0.15, 0.2) is 16.6 Å². The van der Waals surface area contributed by atoms with Crippen molar-refractivity contribution < 1.29 is 14.5 Å². The molecule has 1 aliphatic rings. The minimum absolute atomic E-state index is 0.401. The van der Waals surface area contributed by atoms with E-state index in [0.29, 0.717) is 17.6 Å². The standard InChI is InChI=1S/C8H7BBrO3/c10-6-3-5-1-2-13-8(5)7(4-6)9(11)12/h2-4,11-12H,1H2/q+1. The van der Waals surface area contributed by atoms with Gasteiger partial charge in [0.25, 0.3) is 6.29 Å². The highest BCUT2D eigenvalue weighted by Crippen LogP contribution is 2.24. The number of rotatable bonds is 1. The molecular formula is C8H7BBrO3+. The molecule has 2 rings (SSSR count). The molecule has 1 aliphatic heterocycles. The lowest BCUT2D eigenvalue weighted by molar-refractivity contribution is -0.355. The largest absolute Gasteiger partial charge is 0.498 e. The van der Waals surface area contributed by atoms with Crippen molar-refractivity contribution in [2.75, 3.05) is 0 Å². The van der Waals surface area contributed by atoms with E-state index in [1.165, 1.54) is 0 Å². The van der Waals surface area contributed by atoms with Crippen molar-refractivity contribution in [3.05, 3.63) is 22.2 Å². The number of benzene rings is 1. The van der Waals surface area contributed by atoms with Crippen LogP contribution < -0.4 is 5.46 Å². The van der Waals surface area contributed by atoms with E-state index in [-0.39, 0.29) is 0 Å². The van der Waals surface area contributed by atoms with E-state index in [1.54, 1.807) is 12.4 Å². The highest BCUT2D eigenvalue weighted by atomic mass is 79.9. The van der Waals surface area contributed by atoms with Gasteiger partial charge in [-0.1, -0.05) is 15.9 Å². The third-order valence-electron chi connectivity index (χ3n) is 1.94. The van der Waals surface area contributed by atoms with Gasteiger partial charge in [0.15, 0.2) is 0 Å². The van der Waals surface area contributed by atoms with Crippen molar-refractivity contribution in [2.24, 2.45) is 0 Å². The molecule has 0 saturated carbocycles. The first kappa shape index (κ1) is 8.93.